The molecule has 0 radical (unpaired) electrons. The van der Waals surface area contributed by atoms with Gasteiger partial charge >= 0.3 is 0 Å². The monoisotopic (exact) mass is 407 g/mol. The molecule has 1 amide bonds. The number of ketones is 1. The number of carbonyl (C=O) groups excluding carboxylic acids is 2. The smallest absolute Gasteiger partial charge is 0.295 e. The third-order valence-electron chi connectivity index (χ3n) is 5.70. The maximum Gasteiger partial charge on any atom is 0.295 e. The van der Waals surface area contributed by atoms with Crippen LogP contribution in [0.3, 0.4) is 0 Å². The van der Waals surface area contributed by atoms with Gasteiger partial charge in [0.2, 0.25) is 0 Å². The van der Waals surface area contributed by atoms with Crippen LogP contribution in [-0.4, -0.2) is 57.8 Å². The number of benzene rings is 1. The number of pyridine rings is 1. The van der Waals surface area contributed by atoms with Crippen LogP contribution in [0.5, 0.6) is 0 Å². The number of aryl methyl sites for hydroxylation is 1. The van der Waals surface area contributed by atoms with E-state index in [1.54, 1.807) is 30.5 Å². The van der Waals surface area contributed by atoms with E-state index in [1.165, 1.54) is 4.90 Å². The van der Waals surface area contributed by atoms with Crippen LogP contribution >= 0.6 is 0 Å². The van der Waals surface area contributed by atoms with E-state index in [4.69, 9.17) is 0 Å². The van der Waals surface area contributed by atoms with Gasteiger partial charge in [-0.3, -0.25) is 14.6 Å². The Morgan fingerprint density at radius 3 is 2.33 bits per heavy atom. The van der Waals surface area contributed by atoms with Gasteiger partial charge in [-0.15, -0.1) is 0 Å². The summed E-state index contributed by atoms with van der Waals surface area (Å²) >= 11 is 0. The first-order valence-electron chi connectivity index (χ1n) is 10.5. The van der Waals surface area contributed by atoms with Crippen LogP contribution in [0.4, 0.5) is 0 Å². The highest BCUT2D eigenvalue weighted by molar-refractivity contribution is 6.46. The number of likely N-dealkylation sites (tertiary alicyclic amines) is 1. The first-order valence-corrected chi connectivity index (χ1v) is 10.5. The normalized spacial score (nSPS) is 18.4. The summed E-state index contributed by atoms with van der Waals surface area (Å²) in [6, 6.07) is 12.1. The van der Waals surface area contributed by atoms with E-state index in [9.17, 15) is 14.7 Å². The molecule has 1 saturated heterocycles. The molecule has 2 heterocycles. The minimum absolute atomic E-state index is 0.0995. The van der Waals surface area contributed by atoms with Crippen LogP contribution < -0.4 is 0 Å². The zero-order valence-electron chi connectivity index (χ0n) is 17.8. The van der Waals surface area contributed by atoms with E-state index in [2.05, 4.69) is 30.7 Å². The lowest BCUT2D eigenvalue weighted by atomic mass is 9.97. The SMILES string of the molecule is CCc1ccc(/C(O)=C2/C(=O)C(=O)N(CCN(CC)CC)C2c2ccccn2)cc1. The Morgan fingerprint density at radius 2 is 1.77 bits per heavy atom. The number of hydrogen-bond donors (Lipinski definition) is 1. The molecule has 0 aliphatic carbocycles. The van der Waals surface area contributed by atoms with Gasteiger partial charge in [0.15, 0.2) is 0 Å². The lowest BCUT2D eigenvalue weighted by molar-refractivity contribution is -0.140. The maximum absolute atomic E-state index is 13.0. The van der Waals surface area contributed by atoms with Crippen LogP contribution in [0.2, 0.25) is 0 Å². The first kappa shape index (κ1) is 21.7. The minimum Gasteiger partial charge on any atom is -0.507 e. The van der Waals surface area contributed by atoms with Crippen LogP contribution in [0.1, 0.15) is 43.6 Å². The van der Waals surface area contributed by atoms with Crippen molar-refractivity contribution in [2.75, 3.05) is 26.2 Å². The molecule has 1 atom stereocenters. The number of aliphatic hydroxyl groups excluding tert-OH is 1. The van der Waals surface area contributed by atoms with Gasteiger partial charge in [0.25, 0.3) is 11.7 Å². The van der Waals surface area contributed by atoms with Gasteiger partial charge in [-0.1, -0.05) is 51.1 Å². The van der Waals surface area contributed by atoms with E-state index in [1.807, 2.05) is 18.2 Å². The summed E-state index contributed by atoms with van der Waals surface area (Å²) in [7, 11) is 0. The van der Waals surface area contributed by atoms with Crippen molar-refractivity contribution in [3.8, 4) is 0 Å². The lowest BCUT2D eigenvalue weighted by Gasteiger charge is -2.27. The van der Waals surface area contributed by atoms with E-state index in [0.29, 0.717) is 24.3 Å². The summed E-state index contributed by atoms with van der Waals surface area (Å²) in [4.78, 5) is 34.0. The van der Waals surface area contributed by atoms with Gasteiger partial charge in [0, 0.05) is 24.8 Å². The molecule has 0 spiro atoms. The molecule has 0 bridgehead atoms. The summed E-state index contributed by atoms with van der Waals surface area (Å²) < 4.78 is 0. The molecule has 1 aromatic carbocycles. The van der Waals surface area contributed by atoms with Crippen molar-refractivity contribution in [1.29, 1.82) is 0 Å². The Kier molecular flexibility index (Phi) is 7.00. The molecule has 2 aromatic rings. The van der Waals surface area contributed by atoms with Crippen LogP contribution in [0.15, 0.2) is 54.2 Å². The highest BCUT2D eigenvalue weighted by atomic mass is 16.3. The number of Topliss-reactive ketones (excluding diaryl/α,β-unsaturated/α-hetero) is 1. The molecule has 3 rings (SSSR count). The van der Waals surface area contributed by atoms with Crippen molar-refractivity contribution in [1.82, 2.24) is 14.8 Å². The van der Waals surface area contributed by atoms with Gasteiger partial charge < -0.3 is 14.9 Å². The molecule has 6 nitrogen and oxygen atoms in total. The van der Waals surface area contributed by atoms with Crippen LogP contribution in [-0.2, 0) is 16.0 Å². The molecular weight excluding hydrogens is 378 g/mol. The zero-order chi connectivity index (χ0) is 21.7. The van der Waals surface area contributed by atoms with Crippen molar-refractivity contribution >= 4 is 17.4 Å². The molecule has 6 heteroatoms. The second kappa shape index (κ2) is 9.67. The number of amides is 1. The van der Waals surface area contributed by atoms with Crippen molar-refractivity contribution in [3.63, 3.8) is 0 Å². The van der Waals surface area contributed by atoms with E-state index in [-0.39, 0.29) is 11.3 Å². The minimum atomic E-state index is -0.701. The third-order valence-corrected chi connectivity index (χ3v) is 5.70. The Hall–Kier alpha value is -2.99. The molecule has 1 N–H and O–H groups in total. The van der Waals surface area contributed by atoms with Crippen LogP contribution in [0, 0.1) is 0 Å². The number of likely N-dealkylation sites (N-methyl/N-ethyl adjacent to an activating group) is 1. The molecule has 30 heavy (non-hydrogen) atoms. The van der Waals surface area contributed by atoms with Gasteiger partial charge in [-0.2, -0.15) is 0 Å². The average Bonchev–Trinajstić information content (AvgIpc) is 3.05. The topological polar surface area (TPSA) is 73.7 Å². The molecule has 1 aliphatic heterocycles. The standard InChI is InChI=1S/C24H29N3O3/c1-4-17-10-12-18(13-11-17)22(28)20-21(19-9-7-8-14-25-19)27(24(30)23(20)29)16-15-26(5-2)6-3/h7-14,21,28H,4-6,15-16H2,1-3H3/b22-20-. The van der Waals surface area contributed by atoms with Gasteiger partial charge in [0.1, 0.15) is 11.8 Å². The van der Waals surface area contributed by atoms with Crippen molar-refractivity contribution in [3.05, 3.63) is 71.1 Å². The fourth-order valence-electron chi connectivity index (χ4n) is 3.80. The van der Waals surface area contributed by atoms with Crippen molar-refractivity contribution < 1.29 is 14.7 Å². The molecular formula is C24H29N3O3. The van der Waals surface area contributed by atoms with E-state index < -0.39 is 17.7 Å². The summed E-state index contributed by atoms with van der Waals surface area (Å²) in [5.41, 5.74) is 2.33. The number of carbonyl (C=O) groups is 2. The quantitative estimate of drug-likeness (QED) is 0.412. The van der Waals surface area contributed by atoms with E-state index >= 15 is 0 Å². The van der Waals surface area contributed by atoms with Crippen LogP contribution in [0.25, 0.3) is 5.76 Å². The Balaban J connectivity index is 2.05. The number of aromatic nitrogens is 1. The first-order chi connectivity index (χ1) is 14.5. The molecule has 1 aliphatic rings. The number of rotatable bonds is 8. The highest BCUT2D eigenvalue weighted by Gasteiger charge is 2.46. The zero-order valence-corrected chi connectivity index (χ0v) is 17.8. The summed E-state index contributed by atoms with van der Waals surface area (Å²) in [6.45, 7) is 8.93. The Bertz CT molecular complexity index is 918. The predicted molar refractivity (Wildman–Crippen MR) is 117 cm³/mol. The summed E-state index contributed by atoms with van der Waals surface area (Å²) in [5.74, 6) is -1.41. The van der Waals surface area contributed by atoms with Crippen molar-refractivity contribution in [2.24, 2.45) is 0 Å². The fraction of sp³-hybridized carbons (Fsp3) is 0.375. The van der Waals surface area contributed by atoms with E-state index in [0.717, 1.165) is 25.1 Å². The second-order valence-corrected chi connectivity index (χ2v) is 7.32. The maximum atomic E-state index is 13.0. The lowest BCUT2D eigenvalue weighted by Crippen LogP contribution is -2.38. The molecule has 158 valence electrons. The number of nitrogens with zero attached hydrogens (tertiary/aromatic N) is 3. The van der Waals surface area contributed by atoms with Crippen molar-refractivity contribution in [2.45, 2.75) is 33.2 Å². The Morgan fingerprint density at radius 1 is 1.07 bits per heavy atom. The average molecular weight is 408 g/mol. The van der Waals surface area contributed by atoms with Gasteiger partial charge in [-0.05, 0) is 37.2 Å². The number of aliphatic hydroxyl groups is 1. The molecule has 0 saturated carbocycles. The highest BCUT2D eigenvalue weighted by Crippen LogP contribution is 2.38. The van der Waals surface area contributed by atoms with Gasteiger partial charge in [-0.25, -0.2) is 0 Å². The van der Waals surface area contributed by atoms with Gasteiger partial charge in [0.05, 0.1) is 11.3 Å². The largest absolute Gasteiger partial charge is 0.507 e. The number of hydrogen-bond acceptors (Lipinski definition) is 5. The molecule has 1 fully saturated rings. The Labute approximate surface area is 177 Å². The molecule has 1 unspecified atom stereocenters. The third kappa shape index (κ3) is 4.28. The summed E-state index contributed by atoms with van der Waals surface area (Å²) in [6.07, 6.45) is 2.51. The summed E-state index contributed by atoms with van der Waals surface area (Å²) in [5, 5.41) is 11.0. The second-order valence-electron chi connectivity index (χ2n) is 7.32. The predicted octanol–water partition coefficient (Wildman–Crippen LogP) is 3.41. The fourth-order valence-corrected chi connectivity index (χ4v) is 3.80. The molecule has 1 aromatic heterocycles.